The summed E-state index contributed by atoms with van der Waals surface area (Å²) >= 11 is 0. The Kier molecular flexibility index (Phi) is 5.45. The Morgan fingerprint density at radius 1 is 1.57 bits per heavy atom. The van der Waals surface area contributed by atoms with Crippen LogP contribution in [0.2, 0.25) is 0 Å². The summed E-state index contributed by atoms with van der Waals surface area (Å²) in [5.41, 5.74) is 0. The summed E-state index contributed by atoms with van der Waals surface area (Å²) in [6, 6.07) is 0. The molecule has 0 amide bonds. The molecule has 3 nitrogen and oxygen atoms in total. The minimum atomic E-state index is 0.644. The van der Waals surface area contributed by atoms with Gasteiger partial charge in [0.25, 0.3) is 0 Å². The molecule has 0 radical (unpaired) electrons. The lowest BCUT2D eigenvalue weighted by molar-refractivity contribution is 0.128. The Morgan fingerprint density at radius 2 is 2.36 bits per heavy atom. The molecule has 1 heterocycles. The van der Waals surface area contributed by atoms with Crippen molar-refractivity contribution in [1.29, 1.82) is 0 Å². The fourth-order valence-corrected chi connectivity index (χ4v) is 2.13. The lowest BCUT2D eigenvalue weighted by atomic mass is 10.1. The second-order valence-corrected chi connectivity index (χ2v) is 4.63. The van der Waals surface area contributed by atoms with Crippen molar-refractivity contribution in [2.24, 2.45) is 11.8 Å². The van der Waals surface area contributed by atoms with Gasteiger partial charge < -0.3 is 15.0 Å². The van der Waals surface area contributed by atoms with Crippen LogP contribution in [-0.2, 0) is 4.74 Å². The molecule has 2 unspecified atom stereocenters. The minimum absolute atomic E-state index is 0.644. The number of ether oxygens (including phenoxy) is 1. The van der Waals surface area contributed by atoms with Gasteiger partial charge in [0, 0.05) is 39.9 Å². The zero-order valence-electron chi connectivity index (χ0n) is 9.75. The smallest absolute Gasteiger partial charge is 0.0500 e. The van der Waals surface area contributed by atoms with E-state index >= 15 is 0 Å². The molecular formula is C11H24N2O. The molecule has 1 saturated heterocycles. The second kappa shape index (κ2) is 6.38. The monoisotopic (exact) mass is 200 g/mol. The molecule has 14 heavy (non-hydrogen) atoms. The molecule has 0 aromatic heterocycles. The molecule has 1 N–H and O–H groups in total. The van der Waals surface area contributed by atoms with Crippen LogP contribution in [0.4, 0.5) is 0 Å². The SMILES string of the molecule is COCC(C)CN1CCNCC(C)C1. The minimum Gasteiger partial charge on any atom is -0.384 e. The fraction of sp³-hybridized carbons (Fsp3) is 1.00. The molecular weight excluding hydrogens is 176 g/mol. The van der Waals surface area contributed by atoms with Gasteiger partial charge in [0.2, 0.25) is 0 Å². The normalized spacial score (nSPS) is 27.2. The highest BCUT2D eigenvalue weighted by molar-refractivity contribution is 4.72. The third kappa shape index (κ3) is 4.40. The number of hydrogen-bond donors (Lipinski definition) is 1. The van der Waals surface area contributed by atoms with Crippen molar-refractivity contribution in [2.75, 3.05) is 46.4 Å². The molecule has 0 aromatic rings. The van der Waals surface area contributed by atoms with Gasteiger partial charge in [-0.25, -0.2) is 0 Å². The molecule has 2 atom stereocenters. The first kappa shape index (κ1) is 12.0. The summed E-state index contributed by atoms with van der Waals surface area (Å²) < 4.78 is 5.16. The van der Waals surface area contributed by atoms with E-state index in [-0.39, 0.29) is 0 Å². The van der Waals surface area contributed by atoms with Crippen LogP contribution in [0.5, 0.6) is 0 Å². The number of methoxy groups -OCH3 is 1. The van der Waals surface area contributed by atoms with E-state index < -0.39 is 0 Å². The molecule has 3 heteroatoms. The maximum atomic E-state index is 5.16. The van der Waals surface area contributed by atoms with Crippen LogP contribution in [-0.4, -0.2) is 51.3 Å². The second-order valence-electron chi connectivity index (χ2n) is 4.63. The van der Waals surface area contributed by atoms with Crippen molar-refractivity contribution in [3.63, 3.8) is 0 Å². The third-order valence-electron chi connectivity index (χ3n) is 2.69. The predicted octanol–water partition coefficient (Wildman–Crippen LogP) is 0.810. The summed E-state index contributed by atoms with van der Waals surface area (Å²) in [5.74, 6) is 1.41. The standard InChI is InChI=1S/C11H24N2O/c1-10-6-12-4-5-13(7-10)8-11(2)9-14-3/h10-12H,4-9H2,1-3H3. The van der Waals surface area contributed by atoms with Crippen LogP contribution in [0.1, 0.15) is 13.8 Å². The number of nitrogens with zero attached hydrogens (tertiary/aromatic N) is 1. The Labute approximate surface area is 87.8 Å². The van der Waals surface area contributed by atoms with E-state index in [1.807, 2.05) is 0 Å². The Balaban J connectivity index is 2.27. The Hall–Kier alpha value is -0.120. The van der Waals surface area contributed by atoms with E-state index in [4.69, 9.17) is 4.74 Å². The van der Waals surface area contributed by atoms with Gasteiger partial charge in [-0.05, 0) is 18.4 Å². The first-order chi connectivity index (χ1) is 6.72. The molecule has 1 rings (SSSR count). The van der Waals surface area contributed by atoms with E-state index in [9.17, 15) is 0 Å². The third-order valence-corrected chi connectivity index (χ3v) is 2.69. The molecule has 0 aliphatic carbocycles. The van der Waals surface area contributed by atoms with Crippen LogP contribution in [0.3, 0.4) is 0 Å². The average molecular weight is 200 g/mol. The highest BCUT2D eigenvalue weighted by Crippen LogP contribution is 2.06. The van der Waals surface area contributed by atoms with E-state index in [0.29, 0.717) is 5.92 Å². The number of nitrogens with one attached hydrogen (secondary N) is 1. The van der Waals surface area contributed by atoms with Gasteiger partial charge in [-0.15, -0.1) is 0 Å². The first-order valence-electron chi connectivity index (χ1n) is 5.64. The van der Waals surface area contributed by atoms with Crippen molar-refractivity contribution in [3.05, 3.63) is 0 Å². The van der Waals surface area contributed by atoms with Crippen molar-refractivity contribution in [2.45, 2.75) is 13.8 Å². The average Bonchev–Trinajstić information content (AvgIpc) is 2.30. The Morgan fingerprint density at radius 3 is 3.07 bits per heavy atom. The van der Waals surface area contributed by atoms with Gasteiger partial charge >= 0.3 is 0 Å². The van der Waals surface area contributed by atoms with Crippen LogP contribution in [0.25, 0.3) is 0 Å². The van der Waals surface area contributed by atoms with E-state index in [0.717, 1.165) is 25.6 Å². The Bertz CT molecular complexity index is 152. The zero-order chi connectivity index (χ0) is 10.4. The van der Waals surface area contributed by atoms with Gasteiger partial charge in [-0.2, -0.15) is 0 Å². The summed E-state index contributed by atoms with van der Waals surface area (Å²) in [5, 5.41) is 3.46. The molecule has 0 bridgehead atoms. The van der Waals surface area contributed by atoms with Gasteiger partial charge in [-0.3, -0.25) is 0 Å². The molecule has 0 spiro atoms. The van der Waals surface area contributed by atoms with E-state index in [1.54, 1.807) is 7.11 Å². The lowest BCUT2D eigenvalue weighted by Crippen LogP contribution is -2.34. The van der Waals surface area contributed by atoms with E-state index in [2.05, 4.69) is 24.1 Å². The lowest BCUT2D eigenvalue weighted by Gasteiger charge is -2.25. The number of rotatable bonds is 4. The molecule has 1 aliphatic rings. The molecule has 84 valence electrons. The van der Waals surface area contributed by atoms with Crippen LogP contribution in [0, 0.1) is 11.8 Å². The molecule has 0 aromatic carbocycles. The highest BCUT2D eigenvalue weighted by atomic mass is 16.5. The van der Waals surface area contributed by atoms with Crippen molar-refractivity contribution >= 4 is 0 Å². The zero-order valence-corrected chi connectivity index (χ0v) is 9.75. The van der Waals surface area contributed by atoms with Gasteiger partial charge in [0.1, 0.15) is 0 Å². The summed E-state index contributed by atoms with van der Waals surface area (Å²) in [6.07, 6.45) is 0. The summed E-state index contributed by atoms with van der Waals surface area (Å²) in [7, 11) is 1.78. The summed E-state index contributed by atoms with van der Waals surface area (Å²) in [6.45, 7) is 11.3. The van der Waals surface area contributed by atoms with Crippen molar-refractivity contribution in [1.82, 2.24) is 10.2 Å². The molecule has 0 saturated carbocycles. The first-order valence-corrected chi connectivity index (χ1v) is 5.64. The van der Waals surface area contributed by atoms with Crippen LogP contribution < -0.4 is 5.32 Å². The maximum Gasteiger partial charge on any atom is 0.0500 e. The number of hydrogen-bond acceptors (Lipinski definition) is 3. The molecule has 1 aliphatic heterocycles. The quantitative estimate of drug-likeness (QED) is 0.727. The predicted molar refractivity (Wildman–Crippen MR) is 59.5 cm³/mol. The van der Waals surface area contributed by atoms with Crippen molar-refractivity contribution in [3.8, 4) is 0 Å². The molecule has 1 fully saturated rings. The highest BCUT2D eigenvalue weighted by Gasteiger charge is 2.15. The fourth-order valence-electron chi connectivity index (χ4n) is 2.13. The van der Waals surface area contributed by atoms with Crippen LogP contribution >= 0.6 is 0 Å². The topological polar surface area (TPSA) is 24.5 Å². The van der Waals surface area contributed by atoms with Crippen molar-refractivity contribution < 1.29 is 4.74 Å². The van der Waals surface area contributed by atoms with Gasteiger partial charge in [0.05, 0.1) is 0 Å². The largest absolute Gasteiger partial charge is 0.384 e. The van der Waals surface area contributed by atoms with Gasteiger partial charge in [-0.1, -0.05) is 13.8 Å². The van der Waals surface area contributed by atoms with E-state index in [1.165, 1.54) is 19.6 Å². The summed E-state index contributed by atoms with van der Waals surface area (Å²) in [4.78, 5) is 2.55. The van der Waals surface area contributed by atoms with Gasteiger partial charge in [0.15, 0.2) is 0 Å². The van der Waals surface area contributed by atoms with Crippen LogP contribution in [0.15, 0.2) is 0 Å². The maximum absolute atomic E-state index is 5.16.